The van der Waals surface area contributed by atoms with Crippen molar-refractivity contribution in [2.45, 2.75) is 0 Å². The van der Waals surface area contributed by atoms with Crippen molar-refractivity contribution >= 4 is 0 Å². The molecule has 30 heavy (non-hydrogen) atoms. The van der Waals surface area contributed by atoms with Gasteiger partial charge in [-0.1, -0.05) is 0 Å². The zero-order valence-corrected chi connectivity index (χ0v) is 24.5. The van der Waals surface area contributed by atoms with Crippen molar-refractivity contribution in [2.24, 2.45) is 0 Å². The third-order valence-corrected chi connectivity index (χ3v) is 0. The molecule has 0 radical (unpaired) electrons. The van der Waals surface area contributed by atoms with Gasteiger partial charge in [0.1, 0.15) is 0 Å². The van der Waals surface area contributed by atoms with Gasteiger partial charge in [-0.2, -0.15) is 0 Å². The van der Waals surface area contributed by atoms with Crippen LogP contribution in [0, 0.1) is 0 Å². The minimum absolute atomic E-state index is 0. The summed E-state index contributed by atoms with van der Waals surface area (Å²) in [5.74, 6) is 0. The molecule has 0 amide bonds. The summed E-state index contributed by atoms with van der Waals surface area (Å²) in [6.07, 6.45) is 0. The molecule has 0 aromatic heterocycles. The predicted molar refractivity (Wildman–Crippen MR) is 88.4 cm³/mol. The minimum atomic E-state index is 0. The van der Waals surface area contributed by atoms with E-state index >= 15 is 0 Å². The summed E-state index contributed by atoms with van der Waals surface area (Å²) in [6.45, 7) is 0. The molecule has 0 saturated carbocycles. The molecular weight excluding hydrogens is 880 g/mol. The summed E-state index contributed by atoms with van der Waals surface area (Å²) in [5, 5.41) is 12.0. The Morgan fingerprint density at radius 1 is 0.133 bits per heavy atom. The molecule has 0 aromatic carbocycles. The van der Waals surface area contributed by atoms with Crippen molar-refractivity contribution in [1.82, 2.24) is 0 Å². The maximum Gasteiger partial charge on any atom is 0 e. The maximum absolute atomic E-state index is 6.00. The second-order valence-electron chi connectivity index (χ2n) is 0. The quantitative estimate of drug-likeness (QED) is 0.136. The third-order valence-electron chi connectivity index (χ3n) is 0. The number of hydrogen-bond donors (Lipinski definition) is 2. The second-order valence-corrected chi connectivity index (χ2v) is 0. The Balaban J connectivity index is -0.0000000000132. The molecule has 0 fully saturated rings. The first-order valence-electron chi connectivity index (χ1n) is 0.200. The van der Waals surface area contributed by atoms with E-state index in [1.165, 1.54) is 0 Å². The number of hydrogen-bond acceptors (Lipinski definition) is 2. The summed E-state index contributed by atoms with van der Waals surface area (Å²) < 4.78 is 0. The normalized spacial score (nSPS) is 0.200. The molecule has 0 aliphatic heterocycles. The van der Waals surface area contributed by atoms with Gasteiger partial charge in [-0.05, 0) is 0 Å². The molecule has 0 rings (SSSR count). The first-order valence-corrected chi connectivity index (χ1v) is 0.200. The largest absolute Gasteiger partial charge is 0.412 e. The van der Waals surface area contributed by atoms with Crippen LogP contribution in [0.1, 0.15) is 0 Å². The summed E-state index contributed by atoms with van der Waals surface area (Å²) in [7, 11) is 0. The van der Waals surface area contributed by atoms with E-state index in [9.17, 15) is 0 Å². The van der Waals surface area contributed by atoms with Crippen molar-refractivity contribution in [1.29, 1.82) is 0 Å². The Hall–Kier alpha value is 2.44. The van der Waals surface area contributed by atoms with Gasteiger partial charge >= 0.3 is 0 Å². The van der Waals surface area contributed by atoms with Crippen LogP contribution in [0.4, 0.5) is 0 Å². The molecule has 0 spiro atoms. The van der Waals surface area contributed by atoms with E-state index in [-0.39, 0.29) is 231 Å². The molecule has 0 aliphatic rings. The van der Waals surface area contributed by atoms with Crippen molar-refractivity contribution in [3.63, 3.8) is 0 Å². The molecule has 0 saturated heterocycles. The van der Waals surface area contributed by atoms with Crippen LogP contribution in [0.2, 0.25) is 0 Å². The summed E-state index contributed by atoms with van der Waals surface area (Å²) in [5.41, 5.74) is 0. The Bertz CT molecular complexity index is 19.5. The average molecular weight is 928 g/mol. The molecule has 228 valence electrons. The van der Waals surface area contributed by atoms with Gasteiger partial charge in [0, 0.05) is 105 Å². The zero-order valence-electron chi connectivity index (χ0n) is 14.4. The van der Waals surface area contributed by atoms with Gasteiger partial charge in [-0.15, -0.1) is 0 Å². The first kappa shape index (κ1) is 2710. The second kappa shape index (κ2) is 4890. The van der Waals surface area contributed by atoms with Crippen LogP contribution in [0.5, 0.6) is 0 Å². The van der Waals surface area contributed by atoms with Crippen LogP contribution < -0.4 is 0 Å². The summed E-state index contributed by atoms with van der Waals surface area (Å²) in [6, 6.07) is 0. The average Bonchev–Trinajstić information content (AvgIpc) is 1.00. The van der Waals surface area contributed by atoms with Crippen LogP contribution in [-0.2, 0) is 105 Å². The fraction of sp³-hybridized carbons (Fsp3) is 0. The van der Waals surface area contributed by atoms with Crippen LogP contribution in [0.3, 0.4) is 0 Å². The molecule has 30 heteroatoms. The van der Waals surface area contributed by atoms with Gasteiger partial charge in [-0.25, -0.2) is 0 Å². The van der Waals surface area contributed by atoms with Gasteiger partial charge in [-0.3, -0.25) is 10.5 Å². The monoisotopic (exact) mass is 938 g/mol. The van der Waals surface area contributed by atoms with Gasteiger partial charge in [0.15, 0.2) is 0 Å². The van der Waals surface area contributed by atoms with E-state index in [2.05, 4.69) is 0 Å². The zero-order chi connectivity index (χ0) is 2.00. The van der Waals surface area contributed by atoms with E-state index in [1.54, 1.807) is 0 Å². The molecule has 0 atom stereocenters. The maximum atomic E-state index is 6.00. The van der Waals surface area contributed by atoms with Crippen LogP contribution in [0.15, 0.2) is 0 Å². The Morgan fingerprint density at radius 2 is 0.133 bits per heavy atom. The number of rotatable bonds is 0. The summed E-state index contributed by atoms with van der Waals surface area (Å²) in [4.78, 5) is 0. The van der Waals surface area contributed by atoms with E-state index in [0.29, 0.717) is 0 Å². The van der Waals surface area contributed by atoms with Crippen molar-refractivity contribution in [2.75, 3.05) is 0 Å². The molecule has 48 N–H and O–H groups in total. The fourth-order valence-corrected chi connectivity index (χ4v) is 0. The molecule has 0 unspecified atom stereocenters. The summed E-state index contributed by atoms with van der Waals surface area (Å²) >= 11 is 0. The Kier molecular flexibility index (Phi) is 441000. The molecule has 0 aromatic rings. The van der Waals surface area contributed by atoms with E-state index < -0.39 is 0 Å². The van der Waals surface area contributed by atoms with Crippen LogP contribution in [-0.4, -0.2) is 136 Å². The van der Waals surface area contributed by atoms with Crippen molar-refractivity contribution in [3.05, 3.63) is 0 Å². The SMILES string of the molecule is O.O.O.O.O.O.O.O.O.O.O.O.O.O.O.O.O.O.O.O.O.O.O.OO.[Mo].[Mo].[Mo].[Mo].[Mo]. The van der Waals surface area contributed by atoms with Crippen molar-refractivity contribution < 1.29 is 242 Å². The van der Waals surface area contributed by atoms with Gasteiger partial charge < -0.3 is 126 Å². The smallest absolute Gasteiger partial charge is 0 e. The molecular formula is H48Mo5O25. The molecule has 25 nitrogen and oxygen atoms in total. The van der Waals surface area contributed by atoms with Gasteiger partial charge in [0.25, 0.3) is 0 Å². The van der Waals surface area contributed by atoms with Gasteiger partial charge in [0.05, 0.1) is 0 Å². The van der Waals surface area contributed by atoms with E-state index in [0.717, 1.165) is 0 Å². The van der Waals surface area contributed by atoms with Crippen molar-refractivity contribution in [3.8, 4) is 0 Å². The molecule has 0 aliphatic carbocycles. The Labute approximate surface area is 240 Å². The Morgan fingerprint density at radius 3 is 0.133 bits per heavy atom. The van der Waals surface area contributed by atoms with E-state index in [1.807, 2.05) is 0 Å². The molecule has 0 bridgehead atoms. The minimum Gasteiger partial charge on any atom is -0.412 e. The van der Waals surface area contributed by atoms with Crippen LogP contribution in [0.25, 0.3) is 0 Å². The predicted octanol–water partition coefficient (Wildman–Crippen LogP) is -19.0. The first-order chi connectivity index (χ1) is 1.00. The molecule has 0 heterocycles. The third kappa shape index (κ3) is 4430. The fourth-order valence-electron chi connectivity index (χ4n) is 0. The van der Waals surface area contributed by atoms with Crippen LogP contribution >= 0.6 is 0 Å². The topological polar surface area (TPSA) is 765 Å². The van der Waals surface area contributed by atoms with Gasteiger partial charge in [0.2, 0.25) is 0 Å². The standard InChI is InChI=1S/5Mo.H2O2.23H2O/c;;;;;1-2;;;;;;;;;;;;;;;;;;;;;;;/h;;;;;1-2H;23*1H2. The van der Waals surface area contributed by atoms with E-state index in [4.69, 9.17) is 10.5 Å².